The Labute approximate surface area is 140 Å². The number of amides is 1. The van der Waals surface area contributed by atoms with Crippen LogP contribution in [0.4, 0.5) is 10.5 Å². The first-order valence-corrected chi connectivity index (χ1v) is 9.44. The van der Waals surface area contributed by atoms with Gasteiger partial charge in [-0.3, -0.25) is 0 Å². The minimum atomic E-state index is -3.62. The van der Waals surface area contributed by atoms with E-state index in [0.29, 0.717) is 12.1 Å². The van der Waals surface area contributed by atoms with E-state index in [4.69, 9.17) is 10.8 Å². The van der Waals surface area contributed by atoms with Crippen LogP contribution in [0.3, 0.4) is 0 Å². The van der Waals surface area contributed by atoms with Gasteiger partial charge < -0.3 is 16.2 Å². The number of benzene rings is 1. The number of nitrogens with one attached hydrogen (secondary N) is 1. The summed E-state index contributed by atoms with van der Waals surface area (Å²) in [4.78, 5) is 14.6. The molecule has 1 fully saturated rings. The van der Waals surface area contributed by atoms with Crippen LogP contribution in [-0.2, 0) is 21.8 Å². The van der Waals surface area contributed by atoms with Gasteiger partial charge in [-0.15, -0.1) is 0 Å². The molecule has 0 aromatic heterocycles. The molecule has 1 aliphatic heterocycles. The third-order valence-electron chi connectivity index (χ3n) is 5.05. The molecule has 1 aromatic rings. The van der Waals surface area contributed by atoms with Crippen LogP contribution < -0.4 is 11.1 Å². The highest BCUT2D eigenvalue weighted by molar-refractivity contribution is 7.93. The lowest BCUT2D eigenvalue weighted by molar-refractivity contribution is 0.205. The molecule has 0 bridgehead atoms. The van der Waals surface area contributed by atoms with Crippen molar-refractivity contribution in [3.63, 3.8) is 0 Å². The van der Waals surface area contributed by atoms with E-state index in [0.717, 1.165) is 24.0 Å². The van der Waals surface area contributed by atoms with Gasteiger partial charge in [-0.25, -0.2) is 13.2 Å². The van der Waals surface area contributed by atoms with Gasteiger partial charge in [0.05, 0.1) is 11.3 Å². The molecule has 1 heterocycles. The number of amidine groups is 1. The molecule has 1 saturated heterocycles. The Kier molecular flexibility index (Phi) is 3.63. The Morgan fingerprint density at radius 1 is 1.38 bits per heavy atom. The monoisotopic (exact) mass is 351 g/mol. The lowest BCUT2D eigenvalue weighted by Gasteiger charge is -2.48. The maximum absolute atomic E-state index is 12.9. The average molecular weight is 351 g/mol. The maximum Gasteiger partial charge on any atom is 0.432 e. The molecule has 4 N–H and O–H groups in total. The van der Waals surface area contributed by atoms with E-state index in [2.05, 4.69) is 10.3 Å². The van der Waals surface area contributed by atoms with Gasteiger partial charge in [0.1, 0.15) is 10.6 Å². The molecule has 0 radical (unpaired) electrons. The second-order valence-electron chi connectivity index (χ2n) is 6.99. The third-order valence-corrected chi connectivity index (χ3v) is 7.67. The molecule has 24 heavy (non-hydrogen) atoms. The zero-order valence-corrected chi connectivity index (χ0v) is 14.5. The van der Waals surface area contributed by atoms with E-state index in [1.807, 2.05) is 6.07 Å². The second-order valence-corrected chi connectivity index (χ2v) is 9.53. The number of anilines is 1. The molecule has 7 nitrogen and oxygen atoms in total. The van der Waals surface area contributed by atoms with E-state index in [9.17, 15) is 13.2 Å². The lowest BCUT2D eigenvalue weighted by Crippen LogP contribution is -2.66. The molecule has 130 valence electrons. The largest absolute Gasteiger partial charge is 0.463 e. The number of aliphatic imine (C=N–C) groups is 1. The topological polar surface area (TPSA) is 122 Å². The Bertz CT molecular complexity index is 845. The molecule has 1 aliphatic carbocycles. The number of carbonyl (C=O) groups is 1. The SMILES string of the molecule is CC1(C)C(=NC(=O)O)NC2(CCCc3ccc(N)cc32)CS1(=O)=O. The highest BCUT2D eigenvalue weighted by Crippen LogP contribution is 2.42. The number of sulfone groups is 1. The minimum Gasteiger partial charge on any atom is -0.463 e. The van der Waals surface area contributed by atoms with Crippen LogP contribution in [0.2, 0.25) is 0 Å². The third kappa shape index (κ3) is 2.45. The summed E-state index contributed by atoms with van der Waals surface area (Å²) in [5.41, 5.74) is 7.43. The first-order chi connectivity index (χ1) is 11.1. The average Bonchev–Trinajstić information content (AvgIpc) is 2.45. The van der Waals surface area contributed by atoms with Crippen molar-refractivity contribution in [2.45, 2.75) is 43.4 Å². The van der Waals surface area contributed by atoms with Gasteiger partial charge in [-0.1, -0.05) is 6.07 Å². The highest BCUT2D eigenvalue weighted by Gasteiger charge is 2.54. The standard InChI is InChI=1S/C16H21N3O4S/c1-15(2)13(18-14(20)21)19-16(9-24(15,22)23)7-3-4-10-5-6-11(17)8-12(10)16/h5-6,8H,3-4,7,9,17H2,1-2H3,(H,18,19)(H,20,21). The molecule has 2 aliphatic rings. The van der Waals surface area contributed by atoms with Crippen molar-refractivity contribution < 1.29 is 18.3 Å². The van der Waals surface area contributed by atoms with Crippen LogP contribution in [0, 0.1) is 0 Å². The van der Waals surface area contributed by atoms with Crippen molar-refractivity contribution in [1.82, 2.24) is 5.32 Å². The highest BCUT2D eigenvalue weighted by atomic mass is 32.2. The Morgan fingerprint density at radius 3 is 2.75 bits per heavy atom. The Balaban J connectivity index is 2.21. The van der Waals surface area contributed by atoms with Crippen molar-refractivity contribution in [2.24, 2.45) is 4.99 Å². The molecule has 8 heteroatoms. The van der Waals surface area contributed by atoms with Gasteiger partial charge in [-0.2, -0.15) is 4.99 Å². The summed E-state index contributed by atoms with van der Waals surface area (Å²) in [5.74, 6) is -0.140. The number of nitrogens with zero attached hydrogens (tertiary/aromatic N) is 1. The summed E-state index contributed by atoms with van der Waals surface area (Å²) >= 11 is 0. The van der Waals surface area contributed by atoms with E-state index >= 15 is 0 Å². The van der Waals surface area contributed by atoms with Gasteiger partial charge >= 0.3 is 6.09 Å². The maximum atomic E-state index is 12.9. The van der Waals surface area contributed by atoms with Crippen molar-refractivity contribution in [2.75, 3.05) is 11.5 Å². The number of fused-ring (bicyclic) bond motifs is 2. The molecule has 1 aromatic carbocycles. The molecule has 1 amide bonds. The van der Waals surface area contributed by atoms with Gasteiger partial charge in [-0.05, 0) is 56.4 Å². The summed E-state index contributed by atoms with van der Waals surface area (Å²) in [6.45, 7) is 2.96. The van der Waals surface area contributed by atoms with Crippen molar-refractivity contribution in [1.29, 1.82) is 0 Å². The van der Waals surface area contributed by atoms with Crippen molar-refractivity contribution in [3.8, 4) is 0 Å². The molecule has 0 saturated carbocycles. The summed E-state index contributed by atoms with van der Waals surface area (Å²) in [6.07, 6.45) is 0.812. The van der Waals surface area contributed by atoms with E-state index < -0.39 is 26.2 Å². The summed E-state index contributed by atoms with van der Waals surface area (Å²) in [7, 11) is -3.62. The molecule has 1 atom stereocenters. The van der Waals surface area contributed by atoms with Gasteiger partial charge in [0, 0.05) is 5.69 Å². The van der Waals surface area contributed by atoms with Crippen LogP contribution in [0.5, 0.6) is 0 Å². The normalized spacial score (nSPS) is 29.0. The fourth-order valence-electron chi connectivity index (χ4n) is 3.58. The molecular weight excluding hydrogens is 330 g/mol. The molecule has 3 rings (SSSR count). The fourth-order valence-corrected chi connectivity index (χ4v) is 5.35. The fraction of sp³-hybridized carbons (Fsp3) is 0.500. The van der Waals surface area contributed by atoms with Crippen LogP contribution in [0.25, 0.3) is 0 Å². The number of nitrogen functional groups attached to an aromatic ring is 1. The zero-order valence-electron chi connectivity index (χ0n) is 13.7. The van der Waals surface area contributed by atoms with Gasteiger partial charge in [0.2, 0.25) is 0 Å². The molecule has 1 unspecified atom stereocenters. The smallest absolute Gasteiger partial charge is 0.432 e. The van der Waals surface area contributed by atoms with E-state index in [1.165, 1.54) is 13.8 Å². The molecule has 1 spiro atoms. The quantitative estimate of drug-likeness (QED) is 0.611. The number of hydrogen-bond donors (Lipinski definition) is 3. The molecular formula is C16H21N3O4S. The van der Waals surface area contributed by atoms with Crippen molar-refractivity contribution in [3.05, 3.63) is 29.3 Å². The number of nitrogens with two attached hydrogens (primary N) is 1. The van der Waals surface area contributed by atoms with Gasteiger partial charge in [0.25, 0.3) is 0 Å². The second kappa shape index (κ2) is 5.20. The first kappa shape index (κ1) is 16.8. The van der Waals surface area contributed by atoms with Gasteiger partial charge in [0.15, 0.2) is 9.84 Å². The van der Waals surface area contributed by atoms with E-state index in [1.54, 1.807) is 12.1 Å². The van der Waals surface area contributed by atoms with Crippen LogP contribution in [-0.4, -0.2) is 36.0 Å². The summed E-state index contributed by atoms with van der Waals surface area (Å²) in [6, 6.07) is 5.49. The summed E-state index contributed by atoms with van der Waals surface area (Å²) < 4.78 is 24.5. The predicted octanol–water partition coefficient (Wildman–Crippen LogP) is 1.67. The van der Waals surface area contributed by atoms with Crippen LogP contribution in [0.15, 0.2) is 23.2 Å². The first-order valence-electron chi connectivity index (χ1n) is 7.79. The number of carboxylic acid groups (broad SMARTS) is 1. The number of hydrogen-bond acceptors (Lipinski definition) is 4. The minimum absolute atomic E-state index is 0.0310. The number of aryl methyl sites for hydroxylation is 1. The van der Waals surface area contributed by atoms with Crippen LogP contribution in [0.1, 0.15) is 37.8 Å². The zero-order chi connectivity index (χ0) is 17.8. The van der Waals surface area contributed by atoms with E-state index in [-0.39, 0.29) is 11.6 Å². The lowest BCUT2D eigenvalue weighted by atomic mass is 9.77. The Hall–Kier alpha value is -2.09. The predicted molar refractivity (Wildman–Crippen MR) is 91.9 cm³/mol. The Morgan fingerprint density at radius 2 is 2.08 bits per heavy atom. The van der Waals surface area contributed by atoms with Crippen molar-refractivity contribution >= 4 is 27.5 Å². The number of rotatable bonds is 0. The summed E-state index contributed by atoms with van der Waals surface area (Å²) in [5, 5.41) is 12.2. The van der Waals surface area contributed by atoms with Crippen LogP contribution >= 0.6 is 0 Å².